The summed E-state index contributed by atoms with van der Waals surface area (Å²) in [5.41, 5.74) is 0.295. The molecule has 1 aliphatic rings. The molecular weight excluding hydrogens is 242 g/mol. The number of aromatic nitrogens is 2. The molecular formula is C10H17N3O3S. The Balaban J connectivity index is 2.19. The van der Waals surface area contributed by atoms with Crippen LogP contribution < -0.4 is 4.72 Å². The molecule has 17 heavy (non-hydrogen) atoms. The third-order valence-corrected chi connectivity index (χ3v) is 4.79. The van der Waals surface area contributed by atoms with E-state index in [0.29, 0.717) is 11.5 Å². The first-order chi connectivity index (χ1) is 8.04. The van der Waals surface area contributed by atoms with Gasteiger partial charge in [0.25, 0.3) is 10.0 Å². The Bertz CT molecular complexity index is 483. The summed E-state index contributed by atoms with van der Waals surface area (Å²) in [6.07, 6.45) is 4.28. The van der Waals surface area contributed by atoms with E-state index in [4.69, 9.17) is 5.11 Å². The van der Waals surface area contributed by atoms with E-state index in [1.54, 1.807) is 0 Å². The van der Waals surface area contributed by atoms with Gasteiger partial charge in [0.2, 0.25) is 0 Å². The van der Waals surface area contributed by atoms with E-state index < -0.39 is 10.0 Å². The van der Waals surface area contributed by atoms with E-state index in [0.717, 1.165) is 19.3 Å². The second-order valence-electron chi connectivity index (χ2n) is 4.52. The summed E-state index contributed by atoms with van der Waals surface area (Å²) in [7, 11) is -3.60. The molecule has 0 spiro atoms. The molecule has 1 saturated carbocycles. The summed E-state index contributed by atoms with van der Waals surface area (Å²) in [6, 6.07) is -0.0187. The fourth-order valence-electron chi connectivity index (χ4n) is 2.22. The van der Waals surface area contributed by atoms with Crippen LogP contribution in [0.15, 0.2) is 11.2 Å². The molecule has 2 unspecified atom stereocenters. The SMILES string of the molecule is CC1CCCC1NS(=O)(=O)c1[nH]ncc1CO. The lowest BCUT2D eigenvalue weighted by Crippen LogP contribution is -2.37. The van der Waals surface area contributed by atoms with Crippen molar-refractivity contribution >= 4 is 10.0 Å². The highest BCUT2D eigenvalue weighted by atomic mass is 32.2. The van der Waals surface area contributed by atoms with Crippen molar-refractivity contribution < 1.29 is 13.5 Å². The molecule has 3 N–H and O–H groups in total. The molecule has 2 rings (SSSR count). The van der Waals surface area contributed by atoms with Crippen molar-refractivity contribution in [2.75, 3.05) is 0 Å². The summed E-state index contributed by atoms with van der Waals surface area (Å²) < 4.78 is 26.8. The van der Waals surface area contributed by atoms with Crippen molar-refractivity contribution in [1.29, 1.82) is 0 Å². The van der Waals surface area contributed by atoms with Crippen LogP contribution in [0, 0.1) is 5.92 Å². The number of aliphatic hydroxyl groups is 1. The molecule has 0 bridgehead atoms. The molecule has 1 aromatic heterocycles. The van der Waals surface area contributed by atoms with Crippen molar-refractivity contribution in [2.45, 2.75) is 43.9 Å². The zero-order valence-corrected chi connectivity index (χ0v) is 10.5. The van der Waals surface area contributed by atoms with Gasteiger partial charge in [-0.05, 0) is 18.8 Å². The van der Waals surface area contributed by atoms with Crippen molar-refractivity contribution in [1.82, 2.24) is 14.9 Å². The Labute approximate surface area is 100 Å². The Hall–Kier alpha value is -0.920. The highest BCUT2D eigenvalue weighted by Gasteiger charge is 2.30. The first kappa shape index (κ1) is 12.5. The Morgan fingerprint density at radius 3 is 2.94 bits per heavy atom. The number of aliphatic hydroxyl groups excluding tert-OH is 1. The maximum Gasteiger partial charge on any atom is 0.258 e. The molecule has 0 radical (unpaired) electrons. The summed E-state index contributed by atoms with van der Waals surface area (Å²) >= 11 is 0. The van der Waals surface area contributed by atoms with Crippen LogP contribution >= 0.6 is 0 Å². The minimum atomic E-state index is -3.60. The standard InChI is InChI=1S/C10H17N3O3S/c1-7-3-2-4-9(7)13-17(15,16)10-8(6-14)5-11-12-10/h5,7,9,13-14H,2-4,6H2,1H3,(H,11,12). The topological polar surface area (TPSA) is 95.1 Å². The number of rotatable bonds is 4. The number of H-pyrrole nitrogens is 1. The second kappa shape index (κ2) is 4.75. The zero-order valence-electron chi connectivity index (χ0n) is 9.68. The number of hydrogen-bond acceptors (Lipinski definition) is 4. The van der Waals surface area contributed by atoms with Gasteiger partial charge in [0.15, 0.2) is 5.03 Å². The molecule has 0 saturated heterocycles. The largest absolute Gasteiger partial charge is 0.392 e. The van der Waals surface area contributed by atoms with Gasteiger partial charge in [-0.1, -0.05) is 13.3 Å². The van der Waals surface area contributed by atoms with E-state index in [9.17, 15) is 8.42 Å². The second-order valence-corrected chi connectivity index (χ2v) is 6.17. The molecule has 1 heterocycles. The summed E-state index contributed by atoms with van der Waals surface area (Å²) in [4.78, 5) is 0. The molecule has 1 fully saturated rings. The van der Waals surface area contributed by atoms with Gasteiger partial charge in [-0.25, -0.2) is 13.1 Å². The van der Waals surface area contributed by atoms with Gasteiger partial charge in [0.1, 0.15) is 0 Å². The van der Waals surface area contributed by atoms with Gasteiger partial charge in [0.05, 0.1) is 12.8 Å². The van der Waals surface area contributed by atoms with Crippen molar-refractivity contribution in [3.05, 3.63) is 11.8 Å². The van der Waals surface area contributed by atoms with Crippen LogP contribution in [0.25, 0.3) is 0 Å². The summed E-state index contributed by atoms with van der Waals surface area (Å²) in [5.74, 6) is 0.352. The highest BCUT2D eigenvalue weighted by Crippen LogP contribution is 2.26. The first-order valence-corrected chi connectivity index (χ1v) is 7.18. The minimum absolute atomic E-state index is 0.0187. The number of sulfonamides is 1. The minimum Gasteiger partial charge on any atom is -0.392 e. The summed E-state index contributed by atoms with van der Waals surface area (Å²) in [5, 5.41) is 15.1. The molecule has 2 atom stereocenters. The normalized spacial score (nSPS) is 25.3. The molecule has 0 aromatic carbocycles. The van der Waals surface area contributed by atoms with Gasteiger partial charge in [0, 0.05) is 11.6 Å². The lowest BCUT2D eigenvalue weighted by atomic mass is 10.1. The molecule has 7 heteroatoms. The predicted molar refractivity (Wildman–Crippen MR) is 61.6 cm³/mol. The Morgan fingerprint density at radius 1 is 1.59 bits per heavy atom. The predicted octanol–water partition coefficient (Wildman–Crippen LogP) is 0.369. The monoisotopic (exact) mass is 259 g/mol. The first-order valence-electron chi connectivity index (χ1n) is 5.70. The van der Waals surface area contributed by atoms with Gasteiger partial charge in [-0.15, -0.1) is 0 Å². The van der Waals surface area contributed by atoms with Gasteiger partial charge in [-0.2, -0.15) is 5.10 Å². The smallest absolute Gasteiger partial charge is 0.258 e. The zero-order chi connectivity index (χ0) is 12.5. The lowest BCUT2D eigenvalue weighted by molar-refractivity contribution is 0.278. The van der Waals surface area contributed by atoms with Crippen LogP contribution in [-0.2, 0) is 16.6 Å². The average molecular weight is 259 g/mol. The quantitative estimate of drug-likeness (QED) is 0.728. The maximum absolute atomic E-state index is 12.1. The van der Waals surface area contributed by atoms with Crippen LogP contribution in [0.5, 0.6) is 0 Å². The van der Waals surface area contributed by atoms with E-state index in [1.807, 2.05) is 6.92 Å². The summed E-state index contributed by atoms with van der Waals surface area (Å²) in [6.45, 7) is 1.70. The van der Waals surface area contributed by atoms with Gasteiger partial charge in [-0.3, -0.25) is 5.10 Å². The molecule has 96 valence electrons. The third-order valence-electron chi connectivity index (χ3n) is 3.29. The molecule has 0 aliphatic heterocycles. The number of hydrogen-bond donors (Lipinski definition) is 3. The van der Waals surface area contributed by atoms with E-state index >= 15 is 0 Å². The van der Waals surface area contributed by atoms with Crippen LogP contribution in [0.4, 0.5) is 0 Å². The van der Waals surface area contributed by atoms with Gasteiger partial charge >= 0.3 is 0 Å². The third kappa shape index (κ3) is 2.51. The molecule has 6 nitrogen and oxygen atoms in total. The van der Waals surface area contributed by atoms with Crippen molar-refractivity contribution in [2.24, 2.45) is 5.92 Å². The fraction of sp³-hybridized carbons (Fsp3) is 0.700. The maximum atomic E-state index is 12.1. The van der Waals surface area contributed by atoms with Crippen LogP contribution in [-0.4, -0.2) is 29.8 Å². The van der Waals surface area contributed by atoms with Crippen molar-refractivity contribution in [3.63, 3.8) is 0 Å². The molecule has 1 aromatic rings. The van der Waals surface area contributed by atoms with Gasteiger partial charge < -0.3 is 5.11 Å². The van der Waals surface area contributed by atoms with Crippen LogP contribution in [0.1, 0.15) is 31.7 Å². The van der Waals surface area contributed by atoms with Crippen LogP contribution in [0.2, 0.25) is 0 Å². The Kier molecular flexibility index (Phi) is 3.50. The highest BCUT2D eigenvalue weighted by molar-refractivity contribution is 7.89. The van der Waals surface area contributed by atoms with E-state index in [2.05, 4.69) is 14.9 Å². The van der Waals surface area contributed by atoms with Crippen molar-refractivity contribution in [3.8, 4) is 0 Å². The number of aromatic amines is 1. The number of nitrogens with one attached hydrogen (secondary N) is 2. The fourth-order valence-corrected chi connectivity index (χ4v) is 3.73. The molecule has 0 amide bonds. The van der Waals surface area contributed by atoms with E-state index in [-0.39, 0.29) is 17.7 Å². The lowest BCUT2D eigenvalue weighted by Gasteiger charge is -2.16. The van der Waals surface area contributed by atoms with Crippen LogP contribution in [0.3, 0.4) is 0 Å². The van der Waals surface area contributed by atoms with E-state index in [1.165, 1.54) is 6.20 Å². The number of nitrogens with zero attached hydrogens (tertiary/aromatic N) is 1. The Morgan fingerprint density at radius 2 is 2.35 bits per heavy atom. The average Bonchev–Trinajstić information content (AvgIpc) is 2.88. The molecule has 1 aliphatic carbocycles.